The minimum Gasteiger partial charge on any atom is -0.309 e. The molecule has 1 aromatic rings. The molecule has 0 N–H and O–H groups in total. The lowest BCUT2D eigenvalue weighted by molar-refractivity contribution is -0.147. The molecule has 0 atom stereocenters. The van der Waals surface area contributed by atoms with Crippen molar-refractivity contribution >= 4 is 11.6 Å². The van der Waals surface area contributed by atoms with Crippen LogP contribution in [0.2, 0.25) is 0 Å². The lowest BCUT2D eigenvalue weighted by atomic mass is 10.5. The first-order valence-corrected chi connectivity index (χ1v) is 3.51. The van der Waals surface area contributed by atoms with Gasteiger partial charge in [0, 0.05) is 7.05 Å². The molecule has 0 aliphatic carbocycles. The molecule has 68 valence electrons. The quantitative estimate of drug-likeness (QED) is 0.643. The number of hydrogen-bond donors (Lipinski definition) is 0. The summed E-state index contributed by atoms with van der Waals surface area (Å²) in [4.78, 5) is 0. The molecule has 3 nitrogen and oxygen atoms in total. The second-order valence-corrected chi connectivity index (χ2v) is 2.40. The number of rotatable bonds is 1. The van der Waals surface area contributed by atoms with Crippen molar-refractivity contribution in [3.05, 3.63) is 11.6 Å². The minimum absolute atomic E-state index is 0.0837. The van der Waals surface area contributed by atoms with Gasteiger partial charge in [0.05, 0.1) is 5.88 Å². The van der Waals surface area contributed by atoms with Crippen LogP contribution < -0.4 is 0 Å². The molecule has 0 aliphatic rings. The lowest BCUT2D eigenvalue weighted by Crippen LogP contribution is -2.13. The molecule has 0 aromatic carbocycles. The fourth-order valence-corrected chi connectivity index (χ4v) is 0.957. The average molecular weight is 200 g/mol. The molecule has 0 saturated carbocycles. The van der Waals surface area contributed by atoms with Crippen molar-refractivity contribution in [1.82, 2.24) is 14.8 Å². The van der Waals surface area contributed by atoms with Crippen molar-refractivity contribution in [2.75, 3.05) is 0 Å². The van der Waals surface area contributed by atoms with E-state index in [4.69, 9.17) is 11.6 Å². The fraction of sp³-hybridized carbons (Fsp3) is 0.600. The van der Waals surface area contributed by atoms with Gasteiger partial charge in [0.1, 0.15) is 5.82 Å². The van der Waals surface area contributed by atoms with Crippen LogP contribution in [0.5, 0.6) is 0 Å². The largest absolute Gasteiger partial charge is 0.451 e. The Balaban J connectivity index is 3.11. The van der Waals surface area contributed by atoms with E-state index in [0.717, 1.165) is 4.57 Å². The highest BCUT2D eigenvalue weighted by Crippen LogP contribution is 2.27. The van der Waals surface area contributed by atoms with Crippen molar-refractivity contribution in [1.29, 1.82) is 0 Å². The summed E-state index contributed by atoms with van der Waals surface area (Å²) in [6.07, 6.45) is -4.47. The second-order valence-electron chi connectivity index (χ2n) is 2.13. The van der Waals surface area contributed by atoms with Gasteiger partial charge in [-0.15, -0.1) is 21.8 Å². The summed E-state index contributed by atoms with van der Waals surface area (Å²) in [5.41, 5.74) is 0. The van der Waals surface area contributed by atoms with Gasteiger partial charge in [0.2, 0.25) is 5.82 Å². The summed E-state index contributed by atoms with van der Waals surface area (Å²) >= 11 is 5.30. The van der Waals surface area contributed by atoms with Crippen LogP contribution in [0.4, 0.5) is 13.2 Å². The normalized spacial score (nSPS) is 12.1. The van der Waals surface area contributed by atoms with Crippen LogP contribution in [0.1, 0.15) is 11.6 Å². The van der Waals surface area contributed by atoms with E-state index in [2.05, 4.69) is 10.2 Å². The summed E-state index contributed by atoms with van der Waals surface area (Å²) in [7, 11) is 1.22. The second kappa shape index (κ2) is 2.93. The number of halogens is 4. The summed E-state index contributed by atoms with van der Waals surface area (Å²) in [6.45, 7) is 0. The molecule has 0 saturated heterocycles. The van der Waals surface area contributed by atoms with Crippen LogP contribution in [-0.2, 0) is 19.1 Å². The highest BCUT2D eigenvalue weighted by atomic mass is 35.5. The van der Waals surface area contributed by atoms with Crippen molar-refractivity contribution in [2.24, 2.45) is 7.05 Å². The zero-order valence-electron chi connectivity index (χ0n) is 6.06. The molecule has 0 fully saturated rings. The Labute approximate surface area is 71.2 Å². The van der Waals surface area contributed by atoms with E-state index in [1.807, 2.05) is 0 Å². The molecule has 1 rings (SSSR count). The molecule has 1 heterocycles. The van der Waals surface area contributed by atoms with E-state index >= 15 is 0 Å². The topological polar surface area (TPSA) is 30.7 Å². The fourth-order valence-electron chi connectivity index (χ4n) is 0.725. The molecule has 0 amide bonds. The van der Waals surface area contributed by atoms with E-state index in [1.54, 1.807) is 0 Å². The number of alkyl halides is 4. The molecule has 0 unspecified atom stereocenters. The van der Waals surface area contributed by atoms with Gasteiger partial charge in [-0.1, -0.05) is 0 Å². The van der Waals surface area contributed by atoms with Crippen molar-refractivity contribution in [3.8, 4) is 0 Å². The molecule has 0 bridgehead atoms. The Kier molecular flexibility index (Phi) is 2.27. The van der Waals surface area contributed by atoms with Crippen LogP contribution in [-0.4, -0.2) is 14.8 Å². The Hall–Kier alpha value is -0.780. The predicted molar refractivity (Wildman–Crippen MR) is 35.6 cm³/mol. The molecule has 1 aromatic heterocycles. The number of hydrogen-bond acceptors (Lipinski definition) is 2. The smallest absolute Gasteiger partial charge is 0.309 e. The van der Waals surface area contributed by atoms with Crippen LogP contribution in [0.15, 0.2) is 0 Å². The van der Waals surface area contributed by atoms with E-state index in [0.29, 0.717) is 0 Å². The third-order valence-electron chi connectivity index (χ3n) is 1.34. The first kappa shape index (κ1) is 9.31. The maximum Gasteiger partial charge on any atom is 0.451 e. The minimum atomic E-state index is -4.47. The van der Waals surface area contributed by atoms with Gasteiger partial charge in [-0.2, -0.15) is 13.2 Å². The SMILES string of the molecule is Cn1c(CCl)nnc1C(F)(F)F. The lowest BCUT2D eigenvalue weighted by Gasteiger charge is -2.04. The molecule has 0 spiro atoms. The van der Waals surface area contributed by atoms with Gasteiger partial charge in [-0.3, -0.25) is 0 Å². The summed E-state index contributed by atoms with van der Waals surface area (Å²) in [5, 5.41) is 6.22. The predicted octanol–water partition coefficient (Wildman–Crippen LogP) is 1.57. The van der Waals surface area contributed by atoms with E-state index < -0.39 is 12.0 Å². The number of nitrogens with zero attached hydrogens (tertiary/aromatic N) is 3. The van der Waals surface area contributed by atoms with Crippen molar-refractivity contribution in [3.63, 3.8) is 0 Å². The Bertz CT molecular complexity index is 280. The standard InChI is InChI=1S/C5H5ClF3N3/c1-12-3(2-6)10-11-4(12)5(7,8)9/h2H2,1H3. The molecule has 7 heteroatoms. The van der Waals surface area contributed by atoms with Crippen molar-refractivity contribution in [2.45, 2.75) is 12.1 Å². The zero-order chi connectivity index (χ0) is 9.35. The zero-order valence-corrected chi connectivity index (χ0v) is 6.82. The maximum absolute atomic E-state index is 12.0. The number of aromatic nitrogens is 3. The van der Waals surface area contributed by atoms with Gasteiger partial charge in [-0.05, 0) is 0 Å². The molecule has 0 aliphatic heterocycles. The highest BCUT2D eigenvalue weighted by Gasteiger charge is 2.37. The first-order chi connectivity index (χ1) is 5.46. The Morgan fingerprint density at radius 1 is 1.42 bits per heavy atom. The van der Waals surface area contributed by atoms with Crippen LogP contribution >= 0.6 is 11.6 Å². The summed E-state index contributed by atoms with van der Waals surface area (Å²) in [6, 6.07) is 0. The van der Waals surface area contributed by atoms with E-state index in [1.165, 1.54) is 7.05 Å². The monoisotopic (exact) mass is 199 g/mol. The Morgan fingerprint density at radius 3 is 2.25 bits per heavy atom. The van der Waals surface area contributed by atoms with E-state index in [9.17, 15) is 13.2 Å². The van der Waals surface area contributed by atoms with Crippen LogP contribution in [0, 0.1) is 0 Å². The van der Waals surface area contributed by atoms with Crippen LogP contribution in [0.25, 0.3) is 0 Å². The third kappa shape index (κ3) is 1.52. The van der Waals surface area contributed by atoms with Gasteiger partial charge >= 0.3 is 6.18 Å². The van der Waals surface area contributed by atoms with Gasteiger partial charge in [0.15, 0.2) is 0 Å². The van der Waals surface area contributed by atoms with Crippen LogP contribution in [0.3, 0.4) is 0 Å². The summed E-state index contributed by atoms with van der Waals surface area (Å²) in [5.74, 6) is -1.01. The highest BCUT2D eigenvalue weighted by molar-refractivity contribution is 6.16. The summed E-state index contributed by atoms with van der Waals surface area (Å²) < 4.78 is 36.9. The Morgan fingerprint density at radius 2 is 2.00 bits per heavy atom. The van der Waals surface area contributed by atoms with E-state index in [-0.39, 0.29) is 11.7 Å². The molecular weight excluding hydrogens is 195 g/mol. The van der Waals surface area contributed by atoms with Crippen molar-refractivity contribution < 1.29 is 13.2 Å². The third-order valence-corrected chi connectivity index (χ3v) is 1.58. The maximum atomic E-state index is 12.0. The van der Waals surface area contributed by atoms with Gasteiger partial charge in [0.25, 0.3) is 0 Å². The molecular formula is C5H5ClF3N3. The molecule has 0 radical (unpaired) electrons. The molecule has 12 heavy (non-hydrogen) atoms. The van der Waals surface area contributed by atoms with Gasteiger partial charge < -0.3 is 4.57 Å². The first-order valence-electron chi connectivity index (χ1n) is 2.98. The average Bonchev–Trinajstić information content (AvgIpc) is 2.29. The van der Waals surface area contributed by atoms with Gasteiger partial charge in [-0.25, -0.2) is 0 Å².